The van der Waals surface area contributed by atoms with E-state index in [9.17, 15) is 9.90 Å². The molecule has 3 nitrogen and oxygen atoms in total. The molecule has 0 aliphatic heterocycles. The first kappa shape index (κ1) is 10.8. The highest BCUT2D eigenvalue weighted by molar-refractivity contribution is 7.99. The molecule has 0 fully saturated rings. The number of carboxylic acid groups (broad SMARTS) is 1. The number of carboxylic acids is 1. The molecular weight excluding hydrogens is 164 g/mol. The highest BCUT2D eigenvalue weighted by Gasteiger charge is 2.29. The Morgan fingerprint density at radius 1 is 1.64 bits per heavy atom. The summed E-state index contributed by atoms with van der Waals surface area (Å²) in [5.41, 5.74) is -1.59. The molecule has 11 heavy (non-hydrogen) atoms. The maximum Gasteiger partial charge on any atom is 0.336 e. The molecule has 1 atom stereocenters. The minimum atomic E-state index is -1.59. The first-order chi connectivity index (χ1) is 4.86. The molecule has 0 bridgehead atoms. The van der Waals surface area contributed by atoms with E-state index in [1.54, 1.807) is 0 Å². The van der Waals surface area contributed by atoms with Gasteiger partial charge in [-0.3, -0.25) is 0 Å². The molecule has 0 rings (SSSR count). The summed E-state index contributed by atoms with van der Waals surface area (Å²) in [4.78, 5) is 10.4. The van der Waals surface area contributed by atoms with Crippen LogP contribution >= 0.6 is 11.8 Å². The highest BCUT2D eigenvalue weighted by atomic mass is 32.2. The Kier molecular flexibility index (Phi) is 3.89. The van der Waals surface area contributed by atoms with E-state index in [0.29, 0.717) is 5.25 Å². The van der Waals surface area contributed by atoms with Crippen LogP contribution in [0.15, 0.2) is 0 Å². The normalized spacial score (nSPS) is 16.5. The number of aliphatic carboxylic acids is 1. The topological polar surface area (TPSA) is 57.5 Å². The van der Waals surface area contributed by atoms with E-state index >= 15 is 0 Å². The number of hydrogen-bond donors (Lipinski definition) is 2. The van der Waals surface area contributed by atoms with Gasteiger partial charge in [-0.2, -0.15) is 11.8 Å². The van der Waals surface area contributed by atoms with Gasteiger partial charge in [0.25, 0.3) is 0 Å². The average Bonchev–Trinajstić information content (AvgIpc) is 1.84. The predicted molar refractivity (Wildman–Crippen MR) is 45.9 cm³/mol. The van der Waals surface area contributed by atoms with Gasteiger partial charge in [-0.15, -0.1) is 0 Å². The Morgan fingerprint density at radius 2 is 2.09 bits per heavy atom. The van der Waals surface area contributed by atoms with Crippen molar-refractivity contribution in [1.82, 2.24) is 0 Å². The lowest BCUT2D eigenvalue weighted by molar-refractivity contribution is -0.154. The van der Waals surface area contributed by atoms with Gasteiger partial charge in [0.05, 0.1) is 0 Å². The number of carbonyl (C=O) groups is 1. The van der Waals surface area contributed by atoms with Gasteiger partial charge in [0.1, 0.15) is 0 Å². The van der Waals surface area contributed by atoms with Crippen LogP contribution in [0.4, 0.5) is 0 Å². The van der Waals surface area contributed by atoms with Gasteiger partial charge < -0.3 is 10.2 Å². The van der Waals surface area contributed by atoms with Gasteiger partial charge in [0.2, 0.25) is 0 Å². The fraction of sp³-hybridized carbons (Fsp3) is 0.857. The monoisotopic (exact) mass is 178 g/mol. The van der Waals surface area contributed by atoms with Gasteiger partial charge >= 0.3 is 5.97 Å². The summed E-state index contributed by atoms with van der Waals surface area (Å²) in [5.74, 6) is -0.925. The van der Waals surface area contributed by atoms with E-state index in [4.69, 9.17) is 5.11 Å². The van der Waals surface area contributed by atoms with Gasteiger partial charge in [0.15, 0.2) is 5.60 Å². The zero-order chi connectivity index (χ0) is 9.07. The molecule has 0 aliphatic rings. The largest absolute Gasteiger partial charge is 0.479 e. The number of aliphatic hydroxyl groups is 1. The number of thioether (sulfide) groups is 1. The molecule has 0 aliphatic carbocycles. The second-order valence-corrected chi connectivity index (χ2v) is 4.50. The Balaban J connectivity index is 3.83. The minimum absolute atomic E-state index is 0.236. The van der Waals surface area contributed by atoms with E-state index in [1.807, 2.05) is 13.8 Å². The molecule has 0 saturated carbocycles. The zero-order valence-corrected chi connectivity index (χ0v) is 7.81. The maximum atomic E-state index is 10.4. The first-order valence-corrected chi connectivity index (χ1v) is 4.48. The molecule has 66 valence electrons. The number of rotatable bonds is 4. The maximum absolute atomic E-state index is 10.4. The third-order valence-electron chi connectivity index (χ3n) is 1.16. The summed E-state index contributed by atoms with van der Waals surface area (Å²) in [6, 6.07) is 0. The molecule has 0 saturated heterocycles. The van der Waals surface area contributed by atoms with Crippen molar-refractivity contribution in [2.75, 3.05) is 5.75 Å². The van der Waals surface area contributed by atoms with Crippen LogP contribution in [0.5, 0.6) is 0 Å². The average molecular weight is 178 g/mol. The minimum Gasteiger partial charge on any atom is -0.479 e. The molecule has 0 amide bonds. The lowest BCUT2D eigenvalue weighted by Crippen LogP contribution is -2.37. The van der Waals surface area contributed by atoms with Crippen LogP contribution in [-0.2, 0) is 4.79 Å². The van der Waals surface area contributed by atoms with Crippen molar-refractivity contribution >= 4 is 17.7 Å². The molecule has 2 N–H and O–H groups in total. The van der Waals surface area contributed by atoms with Crippen molar-refractivity contribution in [3.63, 3.8) is 0 Å². The standard InChI is InChI=1S/C7H14O3S/c1-5(2)11-4-7(3,10)6(8)9/h5,10H,4H2,1-3H3,(H,8,9). The van der Waals surface area contributed by atoms with E-state index in [1.165, 1.54) is 18.7 Å². The van der Waals surface area contributed by atoms with Crippen LogP contribution in [0.2, 0.25) is 0 Å². The third-order valence-corrected chi connectivity index (χ3v) is 2.55. The molecule has 4 heteroatoms. The van der Waals surface area contributed by atoms with Gasteiger partial charge in [-0.25, -0.2) is 4.79 Å². The molecule has 0 aromatic carbocycles. The Bertz CT molecular complexity index is 143. The van der Waals surface area contributed by atoms with E-state index < -0.39 is 11.6 Å². The lowest BCUT2D eigenvalue weighted by Gasteiger charge is -2.18. The van der Waals surface area contributed by atoms with Crippen LogP contribution in [0.1, 0.15) is 20.8 Å². The SMILES string of the molecule is CC(C)SCC(C)(O)C(=O)O. The van der Waals surface area contributed by atoms with Crippen molar-refractivity contribution in [2.45, 2.75) is 31.6 Å². The highest BCUT2D eigenvalue weighted by Crippen LogP contribution is 2.17. The fourth-order valence-corrected chi connectivity index (χ4v) is 1.17. The summed E-state index contributed by atoms with van der Waals surface area (Å²) in [5, 5.41) is 18.1. The first-order valence-electron chi connectivity index (χ1n) is 3.43. The quantitative estimate of drug-likeness (QED) is 0.673. The molecule has 0 radical (unpaired) electrons. The summed E-state index contributed by atoms with van der Waals surface area (Å²) in [6.45, 7) is 5.23. The Morgan fingerprint density at radius 3 is 2.36 bits per heavy atom. The second kappa shape index (κ2) is 3.97. The van der Waals surface area contributed by atoms with Crippen LogP contribution in [0.3, 0.4) is 0 Å². The fourth-order valence-electron chi connectivity index (χ4n) is 0.391. The van der Waals surface area contributed by atoms with Crippen LogP contribution < -0.4 is 0 Å². The van der Waals surface area contributed by atoms with Crippen molar-refractivity contribution in [1.29, 1.82) is 0 Å². The summed E-state index contributed by atoms with van der Waals surface area (Å²) in [6.07, 6.45) is 0. The van der Waals surface area contributed by atoms with Crippen molar-refractivity contribution < 1.29 is 15.0 Å². The van der Waals surface area contributed by atoms with Crippen LogP contribution in [0.25, 0.3) is 0 Å². The molecule has 1 unspecified atom stereocenters. The molecule has 0 aromatic rings. The lowest BCUT2D eigenvalue weighted by atomic mass is 10.1. The molecule has 0 aromatic heterocycles. The van der Waals surface area contributed by atoms with E-state index in [-0.39, 0.29) is 5.75 Å². The second-order valence-electron chi connectivity index (χ2n) is 2.94. The van der Waals surface area contributed by atoms with Gasteiger partial charge in [0, 0.05) is 5.75 Å². The smallest absolute Gasteiger partial charge is 0.336 e. The van der Waals surface area contributed by atoms with Gasteiger partial charge in [-0.05, 0) is 12.2 Å². The van der Waals surface area contributed by atoms with Crippen molar-refractivity contribution in [2.24, 2.45) is 0 Å². The van der Waals surface area contributed by atoms with Crippen molar-refractivity contribution in [3.8, 4) is 0 Å². The summed E-state index contributed by atoms with van der Waals surface area (Å²) < 4.78 is 0. The van der Waals surface area contributed by atoms with E-state index in [0.717, 1.165) is 0 Å². The third kappa shape index (κ3) is 4.27. The molecule has 0 heterocycles. The zero-order valence-electron chi connectivity index (χ0n) is 7.00. The molecule has 0 spiro atoms. The Hall–Kier alpha value is -0.220. The number of hydrogen-bond acceptors (Lipinski definition) is 3. The van der Waals surface area contributed by atoms with Crippen LogP contribution in [0, 0.1) is 0 Å². The van der Waals surface area contributed by atoms with Crippen molar-refractivity contribution in [3.05, 3.63) is 0 Å². The van der Waals surface area contributed by atoms with Gasteiger partial charge in [-0.1, -0.05) is 13.8 Å². The summed E-state index contributed by atoms with van der Waals surface area (Å²) in [7, 11) is 0. The summed E-state index contributed by atoms with van der Waals surface area (Å²) >= 11 is 1.44. The van der Waals surface area contributed by atoms with Crippen LogP contribution in [-0.4, -0.2) is 32.8 Å². The molecular formula is C7H14O3S. The predicted octanol–water partition coefficient (Wildman–Crippen LogP) is 0.964. The van der Waals surface area contributed by atoms with E-state index in [2.05, 4.69) is 0 Å². The Labute approximate surface area is 70.8 Å².